The number of hydrogen-bond acceptors (Lipinski definition) is 2. The first kappa shape index (κ1) is 14.6. The Labute approximate surface area is 120 Å². The molecule has 0 spiro atoms. The quantitative estimate of drug-likeness (QED) is 0.829. The predicted octanol–water partition coefficient (Wildman–Crippen LogP) is 3.80. The molecule has 1 fully saturated rings. The Morgan fingerprint density at radius 2 is 2.05 bits per heavy atom. The van der Waals surface area contributed by atoms with E-state index in [1.807, 2.05) is 18.2 Å². The summed E-state index contributed by atoms with van der Waals surface area (Å²) in [6.45, 7) is 5.00. The maximum atomic E-state index is 9.58. The molecule has 1 aliphatic rings. The molecular weight excluding hydrogens is 258 g/mol. The second-order valence-corrected chi connectivity index (χ2v) is 5.59. The fourth-order valence-corrected chi connectivity index (χ4v) is 3.08. The average molecular weight is 280 g/mol. The lowest BCUT2D eigenvalue weighted by molar-refractivity contribution is 0.0452. The van der Waals surface area contributed by atoms with Gasteiger partial charge in [-0.3, -0.25) is 4.90 Å². The number of benzene rings is 1. The maximum absolute atomic E-state index is 9.58. The van der Waals surface area contributed by atoms with Crippen molar-refractivity contribution < 1.29 is 5.11 Å². The molecule has 0 amide bonds. The van der Waals surface area contributed by atoms with Gasteiger partial charge in [-0.2, -0.15) is 0 Å². The molecule has 19 heavy (non-hydrogen) atoms. The first-order valence-corrected chi connectivity index (χ1v) is 7.37. The van der Waals surface area contributed by atoms with Crippen molar-refractivity contribution in [1.29, 1.82) is 0 Å². The van der Waals surface area contributed by atoms with Crippen LogP contribution >= 0.6 is 11.6 Å². The zero-order chi connectivity index (χ0) is 13.7. The third-order valence-electron chi connectivity index (χ3n) is 3.94. The van der Waals surface area contributed by atoms with E-state index in [-0.39, 0.29) is 12.6 Å². The van der Waals surface area contributed by atoms with Gasteiger partial charge in [-0.15, -0.1) is 6.58 Å². The summed E-state index contributed by atoms with van der Waals surface area (Å²) in [5.74, 6) is 0. The SMILES string of the molecule is C=CCCN1[C@@H](CO)CCC[C@H]1c1ccc(Cl)cc1. The van der Waals surface area contributed by atoms with Crippen LogP contribution in [0.1, 0.15) is 37.3 Å². The van der Waals surface area contributed by atoms with Crippen molar-refractivity contribution in [3.8, 4) is 0 Å². The normalized spacial score (nSPS) is 24.3. The van der Waals surface area contributed by atoms with Crippen LogP contribution in [0.15, 0.2) is 36.9 Å². The van der Waals surface area contributed by atoms with E-state index in [0.29, 0.717) is 6.04 Å². The van der Waals surface area contributed by atoms with Crippen LogP contribution < -0.4 is 0 Å². The highest BCUT2D eigenvalue weighted by Crippen LogP contribution is 2.34. The van der Waals surface area contributed by atoms with Crippen LogP contribution in [0.5, 0.6) is 0 Å². The third kappa shape index (κ3) is 3.59. The Kier molecular flexibility index (Phi) is 5.44. The number of piperidine rings is 1. The number of likely N-dealkylation sites (tertiary alicyclic amines) is 1. The van der Waals surface area contributed by atoms with Gasteiger partial charge in [0.2, 0.25) is 0 Å². The van der Waals surface area contributed by atoms with Crippen molar-refractivity contribution in [3.05, 3.63) is 47.5 Å². The van der Waals surface area contributed by atoms with Crippen LogP contribution in [-0.2, 0) is 0 Å². The molecular formula is C16H22ClNO. The van der Waals surface area contributed by atoms with Gasteiger partial charge in [-0.25, -0.2) is 0 Å². The van der Waals surface area contributed by atoms with Crippen LogP contribution in [0, 0.1) is 0 Å². The monoisotopic (exact) mass is 279 g/mol. The van der Waals surface area contributed by atoms with Crippen molar-refractivity contribution >= 4 is 11.6 Å². The van der Waals surface area contributed by atoms with E-state index < -0.39 is 0 Å². The molecule has 0 unspecified atom stereocenters. The van der Waals surface area contributed by atoms with Gasteiger partial charge < -0.3 is 5.11 Å². The molecule has 2 nitrogen and oxygen atoms in total. The smallest absolute Gasteiger partial charge is 0.0587 e. The molecule has 0 saturated carbocycles. The zero-order valence-corrected chi connectivity index (χ0v) is 12.0. The summed E-state index contributed by atoms with van der Waals surface area (Å²) in [7, 11) is 0. The average Bonchev–Trinajstić information content (AvgIpc) is 2.45. The van der Waals surface area contributed by atoms with Gasteiger partial charge in [0, 0.05) is 23.7 Å². The topological polar surface area (TPSA) is 23.5 Å². The molecule has 3 heteroatoms. The Hall–Kier alpha value is -0.830. The molecule has 1 saturated heterocycles. The number of hydrogen-bond donors (Lipinski definition) is 1. The molecule has 1 aromatic carbocycles. The molecule has 2 atom stereocenters. The third-order valence-corrected chi connectivity index (χ3v) is 4.19. The van der Waals surface area contributed by atoms with Crippen LogP contribution in [0.4, 0.5) is 0 Å². The predicted molar refractivity (Wildman–Crippen MR) is 80.4 cm³/mol. The van der Waals surface area contributed by atoms with Crippen molar-refractivity contribution in [1.82, 2.24) is 4.90 Å². The number of aliphatic hydroxyl groups is 1. The van der Waals surface area contributed by atoms with Gasteiger partial charge in [-0.05, 0) is 43.4 Å². The number of halogens is 1. The number of nitrogens with zero attached hydrogens (tertiary/aromatic N) is 1. The van der Waals surface area contributed by atoms with E-state index >= 15 is 0 Å². The van der Waals surface area contributed by atoms with Crippen molar-refractivity contribution in [3.63, 3.8) is 0 Å². The van der Waals surface area contributed by atoms with Gasteiger partial charge >= 0.3 is 0 Å². The maximum Gasteiger partial charge on any atom is 0.0587 e. The Balaban J connectivity index is 2.18. The summed E-state index contributed by atoms with van der Waals surface area (Å²) < 4.78 is 0. The van der Waals surface area contributed by atoms with Crippen molar-refractivity contribution in [2.45, 2.75) is 37.8 Å². The van der Waals surface area contributed by atoms with Crippen LogP contribution in [-0.4, -0.2) is 29.2 Å². The van der Waals surface area contributed by atoms with E-state index in [4.69, 9.17) is 11.6 Å². The molecule has 0 aliphatic carbocycles. The van der Waals surface area contributed by atoms with Gasteiger partial charge in [0.05, 0.1) is 6.61 Å². The molecule has 1 N–H and O–H groups in total. The molecule has 0 radical (unpaired) electrons. The molecule has 104 valence electrons. The highest BCUT2D eigenvalue weighted by molar-refractivity contribution is 6.30. The largest absolute Gasteiger partial charge is 0.395 e. The van der Waals surface area contributed by atoms with Crippen LogP contribution in [0.3, 0.4) is 0 Å². The van der Waals surface area contributed by atoms with E-state index in [1.54, 1.807) is 0 Å². The van der Waals surface area contributed by atoms with Crippen molar-refractivity contribution in [2.24, 2.45) is 0 Å². The van der Waals surface area contributed by atoms with Crippen LogP contribution in [0.25, 0.3) is 0 Å². The highest BCUT2D eigenvalue weighted by atomic mass is 35.5. The van der Waals surface area contributed by atoms with Gasteiger partial charge in [-0.1, -0.05) is 29.8 Å². The molecule has 0 aromatic heterocycles. The first-order chi connectivity index (χ1) is 9.26. The highest BCUT2D eigenvalue weighted by Gasteiger charge is 2.30. The lowest BCUT2D eigenvalue weighted by Gasteiger charge is -2.41. The summed E-state index contributed by atoms with van der Waals surface area (Å²) >= 11 is 5.96. The Morgan fingerprint density at radius 1 is 1.32 bits per heavy atom. The van der Waals surface area contributed by atoms with E-state index in [9.17, 15) is 5.11 Å². The minimum atomic E-state index is 0.237. The summed E-state index contributed by atoms with van der Waals surface area (Å²) in [4.78, 5) is 2.43. The molecule has 1 aliphatic heterocycles. The van der Waals surface area contributed by atoms with Gasteiger partial charge in [0.25, 0.3) is 0 Å². The lowest BCUT2D eigenvalue weighted by atomic mass is 9.91. The molecule has 2 rings (SSSR count). The molecule has 1 aromatic rings. The summed E-state index contributed by atoms with van der Waals surface area (Å²) in [5, 5.41) is 10.4. The van der Waals surface area contributed by atoms with Crippen molar-refractivity contribution in [2.75, 3.05) is 13.2 Å². The first-order valence-electron chi connectivity index (χ1n) is 6.99. The summed E-state index contributed by atoms with van der Waals surface area (Å²) in [6, 6.07) is 8.77. The minimum Gasteiger partial charge on any atom is -0.395 e. The van der Waals surface area contributed by atoms with Gasteiger partial charge in [0.15, 0.2) is 0 Å². The minimum absolute atomic E-state index is 0.237. The fraction of sp³-hybridized carbons (Fsp3) is 0.500. The fourth-order valence-electron chi connectivity index (χ4n) is 2.95. The Bertz CT molecular complexity index is 404. The standard InChI is InChI=1S/C16H22ClNO/c1-2-3-11-18-15(12-19)5-4-6-16(18)13-7-9-14(17)10-8-13/h2,7-10,15-16,19H,1,3-6,11-12H2/t15-,16+/m1/s1. The summed E-state index contributed by atoms with van der Waals surface area (Å²) in [5.41, 5.74) is 1.30. The number of aliphatic hydroxyl groups excluding tert-OH is 1. The van der Waals surface area contributed by atoms with Gasteiger partial charge in [0.1, 0.15) is 0 Å². The molecule has 0 bridgehead atoms. The second kappa shape index (κ2) is 7.09. The van der Waals surface area contributed by atoms with E-state index in [0.717, 1.165) is 30.8 Å². The lowest BCUT2D eigenvalue weighted by Crippen LogP contribution is -2.44. The Morgan fingerprint density at radius 3 is 2.68 bits per heavy atom. The van der Waals surface area contributed by atoms with E-state index in [1.165, 1.54) is 12.0 Å². The second-order valence-electron chi connectivity index (χ2n) is 5.15. The van der Waals surface area contributed by atoms with Crippen LogP contribution in [0.2, 0.25) is 5.02 Å². The van der Waals surface area contributed by atoms with E-state index in [2.05, 4.69) is 23.6 Å². The summed E-state index contributed by atoms with van der Waals surface area (Å²) in [6.07, 6.45) is 6.30. The molecule has 1 heterocycles. The zero-order valence-electron chi connectivity index (χ0n) is 11.3. The number of rotatable bonds is 5.